The molecule has 0 spiro atoms. The average molecular weight is 331 g/mol. The number of carbonyl (C=O) groups excluding carboxylic acids is 1. The van der Waals surface area contributed by atoms with Gasteiger partial charge in [-0.3, -0.25) is 4.79 Å². The first-order valence-electron chi connectivity index (χ1n) is 8.22. The summed E-state index contributed by atoms with van der Waals surface area (Å²) in [6, 6.07) is 21.4. The molecule has 0 fully saturated rings. The number of anilines is 2. The number of amides is 1. The number of para-hydroxylation sites is 1. The van der Waals surface area contributed by atoms with Gasteiger partial charge in [0.15, 0.2) is 0 Å². The van der Waals surface area contributed by atoms with Crippen LogP contribution in [0.25, 0.3) is 0 Å². The highest BCUT2D eigenvalue weighted by Gasteiger charge is 2.14. The molecule has 25 heavy (non-hydrogen) atoms. The van der Waals surface area contributed by atoms with E-state index >= 15 is 0 Å². The van der Waals surface area contributed by atoms with E-state index in [1.807, 2.05) is 48.5 Å². The fourth-order valence-corrected chi connectivity index (χ4v) is 2.57. The lowest BCUT2D eigenvalue weighted by Gasteiger charge is -2.17. The fraction of sp³-hybridized carbons (Fsp3) is 0.143. The van der Waals surface area contributed by atoms with Crippen LogP contribution < -0.4 is 10.2 Å². The Hall–Kier alpha value is -3.14. The molecule has 0 radical (unpaired) electrons. The van der Waals surface area contributed by atoms with E-state index in [-0.39, 0.29) is 5.91 Å². The van der Waals surface area contributed by atoms with Gasteiger partial charge >= 0.3 is 0 Å². The normalized spacial score (nSPS) is 10.3. The van der Waals surface area contributed by atoms with Crippen molar-refractivity contribution < 1.29 is 4.79 Å². The van der Waals surface area contributed by atoms with Gasteiger partial charge in [-0.2, -0.15) is 0 Å². The average Bonchev–Trinajstić information content (AvgIpc) is 2.67. The second kappa shape index (κ2) is 7.62. The molecule has 1 N–H and O–H groups in total. The SMILES string of the molecule is Cc1ccccc1CNc1ccc(C(=O)N(C)c2ccccc2)nc1. The van der Waals surface area contributed by atoms with Crippen LogP contribution in [0.15, 0.2) is 72.9 Å². The van der Waals surface area contributed by atoms with Crippen molar-refractivity contribution in [3.8, 4) is 0 Å². The number of benzene rings is 2. The zero-order chi connectivity index (χ0) is 17.6. The van der Waals surface area contributed by atoms with Crippen molar-refractivity contribution in [3.05, 3.63) is 89.7 Å². The van der Waals surface area contributed by atoms with Crippen molar-refractivity contribution in [1.29, 1.82) is 0 Å². The minimum absolute atomic E-state index is 0.128. The van der Waals surface area contributed by atoms with E-state index in [4.69, 9.17) is 0 Å². The molecule has 0 saturated heterocycles. The van der Waals surface area contributed by atoms with Crippen molar-refractivity contribution in [2.75, 3.05) is 17.3 Å². The van der Waals surface area contributed by atoms with Gasteiger partial charge in [0.2, 0.25) is 0 Å². The zero-order valence-corrected chi connectivity index (χ0v) is 14.4. The smallest absolute Gasteiger partial charge is 0.276 e. The van der Waals surface area contributed by atoms with Crippen molar-refractivity contribution in [3.63, 3.8) is 0 Å². The van der Waals surface area contributed by atoms with Crippen LogP contribution in [0.3, 0.4) is 0 Å². The number of hydrogen-bond acceptors (Lipinski definition) is 3. The predicted molar refractivity (Wildman–Crippen MR) is 102 cm³/mol. The number of nitrogens with one attached hydrogen (secondary N) is 1. The van der Waals surface area contributed by atoms with E-state index in [0.717, 1.165) is 17.9 Å². The number of hydrogen-bond donors (Lipinski definition) is 1. The van der Waals surface area contributed by atoms with E-state index in [0.29, 0.717) is 5.69 Å². The second-order valence-electron chi connectivity index (χ2n) is 5.91. The summed E-state index contributed by atoms with van der Waals surface area (Å²) in [5.74, 6) is -0.128. The summed E-state index contributed by atoms with van der Waals surface area (Å²) in [5.41, 5.74) is 4.65. The Morgan fingerprint density at radius 1 is 1.00 bits per heavy atom. The highest BCUT2D eigenvalue weighted by atomic mass is 16.2. The molecule has 0 aliphatic rings. The molecule has 1 aromatic heterocycles. The maximum absolute atomic E-state index is 12.5. The number of aryl methyl sites for hydroxylation is 1. The van der Waals surface area contributed by atoms with Gasteiger partial charge < -0.3 is 10.2 Å². The van der Waals surface area contributed by atoms with E-state index in [1.165, 1.54) is 11.1 Å². The molecule has 1 amide bonds. The third-order valence-electron chi connectivity index (χ3n) is 4.17. The molecule has 2 aromatic carbocycles. The molecule has 3 rings (SSSR count). The number of carbonyl (C=O) groups is 1. The highest BCUT2D eigenvalue weighted by Crippen LogP contribution is 2.16. The van der Waals surface area contributed by atoms with Crippen LogP contribution in [0, 0.1) is 6.92 Å². The Morgan fingerprint density at radius 3 is 2.40 bits per heavy atom. The first kappa shape index (κ1) is 16.7. The molecule has 0 aliphatic heterocycles. The summed E-state index contributed by atoms with van der Waals surface area (Å²) in [5, 5.41) is 3.34. The van der Waals surface area contributed by atoms with Crippen molar-refractivity contribution in [2.24, 2.45) is 0 Å². The van der Waals surface area contributed by atoms with E-state index < -0.39 is 0 Å². The predicted octanol–water partition coefficient (Wildman–Crippen LogP) is 4.28. The van der Waals surface area contributed by atoms with Crippen LogP contribution >= 0.6 is 0 Å². The van der Waals surface area contributed by atoms with Crippen LogP contribution in [-0.2, 0) is 6.54 Å². The standard InChI is InChI=1S/C21H21N3O/c1-16-8-6-7-9-17(16)14-22-18-12-13-20(23-15-18)21(25)24(2)19-10-4-3-5-11-19/h3-13,15,22H,14H2,1-2H3. The van der Waals surface area contributed by atoms with Gasteiger partial charge in [0, 0.05) is 19.3 Å². The number of rotatable bonds is 5. The van der Waals surface area contributed by atoms with Gasteiger partial charge in [0.25, 0.3) is 5.91 Å². The molecule has 0 saturated carbocycles. The topological polar surface area (TPSA) is 45.2 Å². The second-order valence-corrected chi connectivity index (χ2v) is 5.91. The Kier molecular flexibility index (Phi) is 5.09. The molecular weight excluding hydrogens is 310 g/mol. The Bertz CT molecular complexity index is 845. The lowest BCUT2D eigenvalue weighted by Crippen LogP contribution is -2.26. The molecule has 1 heterocycles. The molecule has 4 nitrogen and oxygen atoms in total. The summed E-state index contributed by atoms with van der Waals surface area (Å²) >= 11 is 0. The van der Waals surface area contributed by atoms with Crippen LogP contribution in [-0.4, -0.2) is 17.9 Å². The summed E-state index contributed by atoms with van der Waals surface area (Å²) in [6.07, 6.45) is 1.70. The van der Waals surface area contributed by atoms with E-state index in [9.17, 15) is 4.79 Å². The highest BCUT2D eigenvalue weighted by molar-refractivity contribution is 6.04. The molecule has 4 heteroatoms. The first-order valence-corrected chi connectivity index (χ1v) is 8.22. The lowest BCUT2D eigenvalue weighted by atomic mass is 10.1. The van der Waals surface area contributed by atoms with Gasteiger partial charge in [-0.05, 0) is 42.3 Å². The molecule has 0 aliphatic carbocycles. The maximum Gasteiger partial charge on any atom is 0.276 e. The van der Waals surface area contributed by atoms with Crippen molar-refractivity contribution in [2.45, 2.75) is 13.5 Å². The number of pyridine rings is 1. The van der Waals surface area contributed by atoms with Gasteiger partial charge in [-0.25, -0.2) is 4.98 Å². The first-order chi connectivity index (χ1) is 12.1. The van der Waals surface area contributed by atoms with E-state index in [2.05, 4.69) is 29.4 Å². The van der Waals surface area contributed by atoms with Crippen molar-refractivity contribution in [1.82, 2.24) is 4.98 Å². The zero-order valence-electron chi connectivity index (χ0n) is 14.4. The van der Waals surface area contributed by atoms with Gasteiger partial charge in [0.05, 0.1) is 11.9 Å². The fourth-order valence-electron chi connectivity index (χ4n) is 2.57. The quantitative estimate of drug-likeness (QED) is 0.759. The van der Waals surface area contributed by atoms with Crippen LogP contribution in [0.2, 0.25) is 0 Å². The molecule has 0 atom stereocenters. The largest absolute Gasteiger partial charge is 0.380 e. The summed E-state index contributed by atoms with van der Waals surface area (Å²) in [4.78, 5) is 18.4. The lowest BCUT2D eigenvalue weighted by molar-refractivity contribution is 0.0988. The van der Waals surface area contributed by atoms with Crippen LogP contribution in [0.4, 0.5) is 11.4 Å². The van der Waals surface area contributed by atoms with Crippen LogP contribution in [0.1, 0.15) is 21.6 Å². The van der Waals surface area contributed by atoms with Gasteiger partial charge in [-0.15, -0.1) is 0 Å². The Balaban J connectivity index is 1.66. The Labute approximate surface area is 148 Å². The molecule has 0 bridgehead atoms. The summed E-state index contributed by atoms with van der Waals surface area (Å²) in [7, 11) is 1.75. The minimum Gasteiger partial charge on any atom is -0.380 e. The van der Waals surface area contributed by atoms with Crippen molar-refractivity contribution >= 4 is 17.3 Å². The molecule has 0 unspecified atom stereocenters. The maximum atomic E-state index is 12.5. The molecule has 126 valence electrons. The Morgan fingerprint density at radius 2 is 1.72 bits per heavy atom. The monoisotopic (exact) mass is 331 g/mol. The van der Waals surface area contributed by atoms with Gasteiger partial charge in [-0.1, -0.05) is 42.5 Å². The van der Waals surface area contributed by atoms with Gasteiger partial charge in [0.1, 0.15) is 5.69 Å². The third-order valence-corrected chi connectivity index (χ3v) is 4.17. The van der Waals surface area contributed by atoms with Crippen LogP contribution in [0.5, 0.6) is 0 Å². The molecular formula is C21H21N3O. The number of aromatic nitrogens is 1. The summed E-state index contributed by atoms with van der Waals surface area (Å²) in [6.45, 7) is 2.82. The molecule has 3 aromatic rings. The minimum atomic E-state index is -0.128. The summed E-state index contributed by atoms with van der Waals surface area (Å²) < 4.78 is 0. The number of nitrogens with zero attached hydrogens (tertiary/aromatic N) is 2. The third kappa shape index (κ3) is 4.04. The van der Waals surface area contributed by atoms with E-state index in [1.54, 1.807) is 24.2 Å².